The lowest BCUT2D eigenvalue weighted by Gasteiger charge is -2.22. The van der Waals surface area contributed by atoms with E-state index in [1.54, 1.807) is 18.5 Å². The topological polar surface area (TPSA) is 115 Å². The SMILES string of the molecule is O=C1CC(c2ccccc2)NCCCCN(C(=O)c2cc[nH]c2)CCCN1.O=CO. The van der Waals surface area contributed by atoms with Gasteiger partial charge in [-0.2, -0.15) is 0 Å². The van der Waals surface area contributed by atoms with Crippen LogP contribution < -0.4 is 10.6 Å². The third-order valence-electron chi connectivity index (χ3n) is 4.90. The maximum Gasteiger partial charge on any atom is 0.290 e. The fourth-order valence-corrected chi connectivity index (χ4v) is 3.41. The first kappa shape index (κ1) is 23.2. The molecule has 4 N–H and O–H groups in total. The molecule has 2 heterocycles. The number of H-pyrrole nitrogens is 1. The van der Waals surface area contributed by atoms with Crippen LogP contribution >= 0.6 is 0 Å². The standard InChI is InChI=1S/C21H28N4O2.CH2O2/c26-20-15-19(17-7-2-1-3-8-17)23-10-4-5-13-25(14-6-11-24-20)21(27)18-9-12-22-16-18;2-1-3/h1-3,7-9,12,16,19,22-23H,4-6,10-11,13-15H2,(H,24,26);1H,(H,2,3). The van der Waals surface area contributed by atoms with Crippen LogP contribution in [-0.2, 0) is 9.59 Å². The van der Waals surface area contributed by atoms with E-state index >= 15 is 0 Å². The number of aromatic amines is 1. The summed E-state index contributed by atoms with van der Waals surface area (Å²) in [5, 5.41) is 13.4. The number of benzene rings is 1. The lowest BCUT2D eigenvalue weighted by atomic mass is 10.0. The maximum absolute atomic E-state index is 12.7. The molecule has 1 aromatic carbocycles. The smallest absolute Gasteiger partial charge is 0.290 e. The van der Waals surface area contributed by atoms with E-state index < -0.39 is 0 Å². The van der Waals surface area contributed by atoms with Crippen LogP contribution in [0.25, 0.3) is 0 Å². The molecule has 0 saturated carbocycles. The largest absolute Gasteiger partial charge is 0.483 e. The quantitative estimate of drug-likeness (QED) is 0.563. The van der Waals surface area contributed by atoms with Gasteiger partial charge in [-0.3, -0.25) is 14.4 Å². The summed E-state index contributed by atoms with van der Waals surface area (Å²) in [7, 11) is 0. The van der Waals surface area contributed by atoms with Crippen molar-refractivity contribution in [1.82, 2.24) is 20.5 Å². The number of carbonyl (C=O) groups is 3. The molecular weight excluding hydrogens is 384 g/mol. The van der Waals surface area contributed by atoms with Gasteiger partial charge in [0.05, 0.1) is 5.56 Å². The van der Waals surface area contributed by atoms with Gasteiger partial charge in [0.25, 0.3) is 12.4 Å². The molecule has 0 bridgehead atoms. The highest BCUT2D eigenvalue weighted by Gasteiger charge is 2.18. The highest BCUT2D eigenvalue weighted by atomic mass is 16.3. The normalized spacial score (nSPS) is 18.5. The molecule has 0 radical (unpaired) electrons. The summed E-state index contributed by atoms with van der Waals surface area (Å²) in [6.07, 6.45) is 6.58. The minimum absolute atomic E-state index is 0.0181. The van der Waals surface area contributed by atoms with Gasteiger partial charge in [-0.25, -0.2) is 0 Å². The molecule has 3 rings (SSSR count). The zero-order chi connectivity index (χ0) is 21.6. The number of nitrogens with zero attached hydrogens (tertiary/aromatic N) is 1. The van der Waals surface area contributed by atoms with Crippen molar-refractivity contribution in [2.75, 3.05) is 26.2 Å². The Morgan fingerprint density at radius 1 is 1.07 bits per heavy atom. The van der Waals surface area contributed by atoms with Crippen molar-refractivity contribution >= 4 is 18.3 Å². The molecule has 1 fully saturated rings. The molecule has 0 aliphatic carbocycles. The monoisotopic (exact) mass is 414 g/mol. The highest BCUT2D eigenvalue weighted by Crippen LogP contribution is 2.17. The number of hydrogen-bond acceptors (Lipinski definition) is 4. The fourth-order valence-electron chi connectivity index (χ4n) is 3.41. The van der Waals surface area contributed by atoms with Crippen molar-refractivity contribution in [1.29, 1.82) is 0 Å². The van der Waals surface area contributed by atoms with Crippen molar-refractivity contribution in [3.8, 4) is 0 Å². The molecule has 30 heavy (non-hydrogen) atoms. The first-order valence-electron chi connectivity index (χ1n) is 10.2. The Balaban J connectivity index is 0.00000101. The molecule has 0 spiro atoms. The first-order chi connectivity index (χ1) is 14.7. The van der Waals surface area contributed by atoms with Crippen LogP contribution in [0.2, 0.25) is 0 Å². The summed E-state index contributed by atoms with van der Waals surface area (Å²) in [6.45, 7) is 2.53. The van der Waals surface area contributed by atoms with Crippen LogP contribution in [-0.4, -0.2) is 59.5 Å². The fraction of sp³-hybridized carbons (Fsp3) is 0.409. The van der Waals surface area contributed by atoms with E-state index in [-0.39, 0.29) is 24.3 Å². The van der Waals surface area contributed by atoms with Crippen molar-refractivity contribution < 1.29 is 19.5 Å². The van der Waals surface area contributed by atoms with E-state index in [4.69, 9.17) is 9.90 Å². The number of hydrogen-bond donors (Lipinski definition) is 4. The summed E-state index contributed by atoms with van der Waals surface area (Å²) < 4.78 is 0. The van der Waals surface area contributed by atoms with Crippen molar-refractivity contribution in [3.63, 3.8) is 0 Å². The molecule has 2 amide bonds. The molecule has 1 aliphatic rings. The second-order valence-corrected chi connectivity index (χ2v) is 7.03. The van der Waals surface area contributed by atoms with Gasteiger partial charge in [-0.15, -0.1) is 0 Å². The predicted octanol–water partition coefficient (Wildman–Crippen LogP) is 2.18. The van der Waals surface area contributed by atoms with Crippen LogP contribution in [0.4, 0.5) is 0 Å². The zero-order valence-corrected chi connectivity index (χ0v) is 17.0. The molecule has 1 saturated heterocycles. The highest BCUT2D eigenvalue weighted by molar-refractivity contribution is 5.94. The van der Waals surface area contributed by atoms with Crippen LogP contribution in [0.5, 0.6) is 0 Å². The Kier molecular flexibility index (Phi) is 10.2. The van der Waals surface area contributed by atoms with Crippen LogP contribution in [0.15, 0.2) is 48.8 Å². The van der Waals surface area contributed by atoms with Crippen LogP contribution in [0.3, 0.4) is 0 Å². The Morgan fingerprint density at radius 3 is 2.50 bits per heavy atom. The van der Waals surface area contributed by atoms with Gasteiger partial charge in [-0.05, 0) is 37.4 Å². The number of aromatic nitrogens is 1. The molecule has 1 atom stereocenters. The number of carboxylic acid groups (broad SMARTS) is 1. The van der Waals surface area contributed by atoms with E-state index in [0.717, 1.165) is 37.9 Å². The molecular formula is C22H30N4O4. The molecule has 8 heteroatoms. The number of rotatable bonds is 2. The van der Waals surface area contributed by atoms with E-state index in [2.05, 4.69) is 27.8 Å². The van der Waals surface area contributed by atoms with E-state index in [1.165, 1.54) is 0 Å². The van der Waals surface area contributed by atoms with Gasteiger partial charge in [0.1, 0.15) is 0 Å². The van der Waals surface area contributed by atoms with Gasteiger partial charge >= 0.3 is 0 Å². The Morgan fingerprint density at radius 2 is 1.80 bits per heavy atom. The predicted molar refractivity (Wildman–Crippen MR) is 114 cm³/mol. The maximum atomic E-state index is 12.7. The minimum Gasteiger partial charge on any atom is -0.483 e. The average Bonchev–Trinajstić information content (AvgIpc) is 3.29. The Bertz CT molecular complexity index is 765. The number of nitrogens with one attached hydrogen (secondary N) is 3. The second kappa shape index (κ2) is 13.2. The second-order valence-electron chi connectivity index (χ2n) is 7.03. The molecule has 8 nitrogen and oxygen atoms in total. The van der Waals surface area contributed by atoms with Gasteiger partial charge in [0.15, 0.2) is 0 Å². The third kappa shape index (κ3) is 7.71. The van der Waals surface area contributed by atoms with Crippen molar-refractivity contribution in [2.24, 2.45) is 0 Å². The number of carbonyl (C=O) groups excluding carboxylic acids is 2. The lowest BCUT2D eigenvalue weighted by molar-refractivity contribution is -0.123. The van der Waals surface area contributed by atoms with E-state index in [9.17, 15) is 9.59 Å². The summed E-state index contributed by atoms with van der Waals surface area (Å²) in [4.78, 5) is 38.2. The summed E-state index contributed by atoms with van der Waals surface area (Å²) in [6, 6.07) is 11.9. The summed E-state index contributed by atoms with van der Waals surface area (Å²) in [5.74, 6) is 0.0895. The average molecular weight is 415 g/mol. The van der Waals surface area contributed by atoms with E-state index in [0.29, 0.717) is 25.1 Å². The minimum atomic E-state index is -0.250. The van der Waals surface area contributed by atoms with Crippen LogP contribution in [0, 0.1) is 0 Å². The summed E-state index contributed by atoms with van der Waals surface area (Å²) in [5.41, 5.74) is 1.82. The van der Waals surface area contributed by atoms with E-state index in [1.807, 2.05) is 23.1 Å². The van der Waals surface area contributed by atoms with Gasteiger partial charge in [0.2, 0.25) is 5.91 Å². The van der Waals surface area contributed by atoms with Crippen molar-refractivity contribution in [2.45, 2.75) is 31.7 Å². The third-order valence-corrected chi connectivity index (χ3v) is 4.90. The number of amides is 2. The molecule has 162 valence electrons. The first-order valence-corrected chi connectivity index (χ1v) is 10.2. The van der Waals surface area contributed by atoms with Crippen molar-refractivity contribution in [3.05, 3.63) is 59.9 Å². The van der Waals surface area contributed by atoms with Gasteiger partial charge < -0.3 is 25.6 Å². The molecule has 2 aromatic rings. The molecule has 1 aliphatic heterocycles. The lowest BCUT2D eigenvalue weighted by Crippen LogP contribution is -2.35. The Labute approximate surface area is 176 Å². The van der Waals surface area contributed by atoms with Gasteiger partial charge in [-0.1, -0.05) is 30.3 Å². The molecule has 1 unspecified atom stereocenters. The summed E-state index contributed by atoms with van der Waals surface area (Å²) >= 11 is 0. The van der Waals surface area contributed by atoms with Gasteiger partial charge in [0, 0.05) is 44.5 Å². The van der Waals surface area contributed by atoms with Crippen LogP contribution in [0.1, 0.15) is 47.6 Å². The zero-order valence-electron chi connectivity index (χ0n) is 17.0. The molecule has 1 aromatic heterocycles. The Hall–Kier alpha value is -3.13.